The number of halogens is 1. The molecule has 0 radical (unpaired) electrons. The van der Waals surface area contributed by atoms with Gasteiger partial charge in [0.2, 0.25) is 0 Å². The maximum Gasteiger partial charge on any atom is 0.0406 e. The summed E-state index contributed by atoms with van der Waals surface area (Å²) in [6.45, 7) is 0. The first kappa shape index (κ1) is 8.00. The van der Waals surface area contributed by atoms with Crippen LogP contribution in [0.4, 0.5) is 0 Å². The Bertz CT molecular complexity index is 197. The van der Waals surface area contributed by atoms with Gasteiger partial charge in [0.05, 0.1) is 0 Å². The predicted molar refractivity (Wildman–Crippen MR) is 45.7 cm³/mol. The summed E-state index contributed by atoms with van der Waals surface area (Å²) in [5.41, 5.74) is 1.13. The molecule has 0 aliphatic carbocycles. The number of hydrogen-bond donors (Lipinski definition) is 1. The molecule has 1 rings (SSSR count). The normalized spacial score (nSPS) is 11.0. The van der Waals surface area contributed by atoms with Crippen molar-refractivity contribution in [2.24, 2.45) is 0 Å². The highest BCUT2D eigenvalue weighted by atomic mass is 35.5. The van der Waals surface area contributed by atoms with E-state index in [4.69, 9.17) is 16.5 Å². The Labute approximate surface area is 66.9 Å². The average molecular weight is 175 g/mol. The van der Waals surface area contributed by atoms with E-state index in [1.807, 2.05) is 24.3 Å². The first-order valence-corrected chi connectivity index (χ1v) is 4.47. The van der Waals surface area contributed by atoms with Gasteiger partial charge in [-0.05, 0) is 17.7 Å². The van der Waals surface area contributed by atoms with Crippen LogP contribution in [0.1, 0.15) is 5.56 Å². The third-order valence-corrected chi connectivity index (χ3v) is 2.01. The van der Waals surface area contributed by atoms with E-state index in [1.54, 1.807) is 0 Å². The van der Waals surface area contributed by atoms with Gasteiger partial charge >= 0.3 is 0 Å². The van der Waals surface area contributed by atoms with Crippen LogP contribution in [0.15, 0.2) is 24.3 Å². The largest absolute Gasteiger partial charge is 0.377 e. The van der Waals surface area contributed by atoms with E-state index in [0.29, 0.717) is 0 Å². The third kappa shape index (κ3) is 2.26. The molecule has 1 nitrogen and oxygen atoms in total. The van der Waals surface area contributed by atoms with Gasteiger partial charge in [0.15, 0.2) is 0 Å². The van der Waals surface area contributed by atoms with Gasteiger partial charge in [-0.25, -0.2) is 0 Å². The lowest BCUT2D eigenvalue weighted by atomic mass is 10.2. The molecule has 1 aromatic rings. The fourth-order valence-corrected chi connectivity index (χ4v) is 1.24. The Hall–Kier alpha value is -0.100. The molecule has 0 fully saturated rings. The van der Waals surface area contributed by atoms with Crippen molar-refractivity contribution in [3.05, 3.63) is 34.9 Å². The summed E-state index contributed by atoms with van der Waals surface area (Å²) in [5, 5.41) is 0.741. The first-order valence-electron chi connectivity index (χ1n) is 2.94. The average Bonchev–Trinajstić information content (AvgIpc) is 1.95. The van der Waals surface area contributed by atoms with E-state index in [-0.39, 0.29) is 8.81 Å². The van der Waals surface area contributed by atoms with Crippen LogP contribution < -0.4 is 0 Å². The van der Waals surface area contributed by atoms with Crippen molar-refractivity contribution in [2.75, 3.05) is 0 Å². The summed E-state index contributed by atoms with van der Waals surface area (Å²) in [4.78, 5) is 8.58. The Morgan fingerprint density at radius 3 is 2.40 bits per heavy atom. The molecule has 0 spiro atoms. The SMILES string of the molecule is OPCc1ccc(Cl)cc1. The van der Waals surface area contributed by atoms with Crippen molar-refractivity contribution in [2.45, 2.75) is 6.16 Å². The molecule has 0 bridgehead atoms. The van der Waals surface area contributed by atoms with Crippen LogP contribution in [0.5, 0.6) is 0 Å². The molecule has 1 unspecified atom stereocenters. The fourth-order valence-electron chi connectivity index (χ4n) is 0.694. The summed E-state index contributed by atoms with van der Waals surface area (Å²) in [5.74, 6) is 0. The molecular weight excluding hydrogens is 167 g/mol. The molecule has 0 amide bonds. The van der Waals surface area contributed by atoms with E-state index in [2.05, 4.69) is 0 Å². The van der Waals surface area contributed by atoms with Gasteiger partial charge in [0.25, 0.3) is 0 Å². The molecule has 0 saturated heterocycles. The third-order valence-electron chi connectivity index (χ3n) is 1.20. The van der Waals surface area contributed by atoms with Crippen LogP contribution in [0, 0.1) is 0 Å². The lowest BCUT2D eigenvalue weighted by molar-refractivity contribution is 0.644. The van der Waals surface area contributed by atoms with Crippen molar-refractivity contribution < 1.29 is 4.89 Å². The van der Waals surface area contributed by atoms with Crippen molar-refractivity contribution in [3.8, 4) is 0 Å². The van der Waals surface area contributed by atoms with Crippen LogP contribution in [-0.2, 0) is 6.16 Å². The summed E-state index contributed by atoms with van der Waals surface area (Å²) in [6.07, 6.45) is 0.733. The van der Waals surface area contributed by atoms with Gasteiger partial charge in [0, 0.05) is 20.0 Å². The molecule has 1 N–H and O–H groups in total. The second-order valence-corrected chi connectivity index (χ2v) is 3.07. The van der Waals surface area contributed by atoms with Gasteiger partial charge < -0.3 is 4.89 Å². The molecule has 3 heteroatoms. The quantitative estimate of drug-likeness (QED) is 0.683. The zero-order chi connectivity index (χ0) is 7.40. The second kappa shape index (κ2) is 3.92. The Kier molecular flexibility index (Phi) is 3.14. The van der Waals surface area contributed by atoms with E-state index in [9.17, 15) is 0 Å². The number of rotatable bonds is 2. The summed E-state index contributed by atoms with van der Waals surface area (Å²) in [6, 6.07) is 7.51. The van der Waals surface area contributed by atoms with Gasteiger partial charge in [-0.3, -0.25) is 0 Å². The highest BCUT2D eigenvalue weighted by Crippen LogP contribution is 2.15. The van der Waals surface area contributed by atoms with Gasteiger partial charge in [-0.1, -0.05) is 23.7 Å². The highest BCUT2D eigenvalue weighted by molar-refractivity contribution is 7.30. The first-order chi connectivity index (χ1) is 4.83. The summed E-state index contributed by atoms with van der Waals surface area (Å²) < 4.78 is 0. The van der Waals surface area contributed by atoms with Crippen LogP contribution in [0.3, 0.4) is 0 Å². The van der Waals surface area contributed by atoms with Gasteiger partial charge in [0.1, 0.15) is 0 Å². The minimum atomic E-state index is -0.0111. The van der Waals surface area contributed by atoms with Crippen molar-refractivity contribution in [3.63, 3.8) is 0 Å². The zero-order valence-electron chi connectivity index (χ0n) is 5.34. The lowest BCUT2D eigenvalue weighted by Crippen LogP contribution is -1.75. The van der Waals surface area contributed by atoms with Crippen molar-refractivity contribution in [1.82, 2.24) is 0 Å². The van der Waals surface area contributed by atoms with Crippen molar-refractivity contribution in [1.29, 1.82) is 0 Å². The van der Waals surface area contributed by atoms with Crippen LogP contribution >= 0.6 is 20.4 Å². The smallest absolute Gasteiger partial charge is 0.0406 e. The molecule has 0 aromatic heterocycles. The highest BCUT2D eigenvalue weighted by Gasteiger charge is 1.89. The molecule has 10 heavy (non-hydrogen) atoms. The Morgan fingerprint density at radius 2 is 1.90 bits per heavy atom. The molecule has 54 valence electrons. The summed E-state index contributed by atoms with van der Waals surface area (Å²) in [7, 11) is -0.0111. The maximum absolute atomic E-state index is 8.58. The fraction of sp³-hybridized carbons (Fsp3) is 0.143. The molecular formula is C7H8ClOP. The van der Waals surface area contributed by atoms with Gasteiger partial charge in [-0.2, -0.15) is 0 Å². The molecule has 0 aliphatic rings. The standard InChI is InChI=1S/C7H8ClOP/c8-7-3-1-6(2-4-7)5-10-9/h1-4,9-10H,5H2. The minimum absolute atomic E-state index is 0.0111. The lowest BCUT2D eigenvalue weighted by Gasteiger charge is -1.95. The molecule has 0 heterocycles. The van der Waals surface area contributed by atoms with E-state index in [1.165, 1.54) is 0 Å². The molecule has 0 saturated carbocycles. The topological polar surface area (TPSA) is 20.2 Å². The van der Waals surface area contributed by atoms with Crippen LogP contribution in [0.2, 0.25) is 5.02 Å². The predicted octanol–water partition coefficient (Wildman–Crippen LogP) is 2.43. The Morgan fingerprint density at radius 1 is 1.30 bits per heavy atom. The minimum Gasteiger partial charge on any atom is -0.377 e. The van der Waals surface area contributed by atoms with Crippen LogP contribution in [0.25, 0.3) is 0 Å². The van der Waals surface area contributed by atoms with Crippen LogP contribution in [-0.4, -0.2) is 4.89 Å². The monoisotopic (exact) mass is 174 g/mol. The van der Waals surface area contributed by atoms with E-state index >= 15 is 0 Å². The molecule has 1 aromatic carbocycles. The second-order valence-electron chi connectivity index (χ2n) is 1.96. The number of benzene rings is 1. The maximum atomic E-state index is 8.58. The molecule has 0 aliphatic heterocycles. The van der Waals surface area contributed by atoms with Crippen molar-refractivity contribution >= 4 is 20.4 Å². The Balaban J connectivity index is 2.69. The van der Waals surface area contributed by atoms with E-state index in [0.717, 1.165) is 16.7 Å². The number of hydrogen-bond acceptors (Lipinski definition) is 1. The summed E-state index contributed by atoms with van der Waals surface area (Å²) >= 11 is 5.65. The zero-order valence-corrected chi connectivity index (χ0v) is 7.10. The van der Waals surface area contributed by atoms with E-state index < -0.39 is 0 Å². The molecule has 1 atom stereocenters. The van der Waals surface area contributed by atoms with Gasteiger partial charge in [-0.15, -0.1) is 0 Å².